The molecule has 1 unspecified atom stereocenters. The number of carbonyl (C=O) groups is 1. The molecule has 3 heterocycles. The van der Waals surface area contributed by atoms with Crippen molar-refractivity contribution in [1.82, 2.24) is 20.1 Å². The van der Waals surface area contributed by atoms with Gasteiger partial charge in [-0.05, 0) is 19.1 Å². The number of amides is 1. The largest absolute Gasteiger partial charge is 0.365 e. The fourth-order valence-corrected chi connectivity index (χ4v) is 3.72. The van der Waals surface area contributed by atoms with Crippen LogP contribution in [0.4, 0.5) is 17.1 Å². The highest BCUT2D eigenvalue weighted by molar-refractivity contribution is 6.29. The Bertz CT molecular complexity index is 1180. The lowest BCUT2D eigenvalue weighted by molar-refractivity contribution is 0.0963. The number of nitrogens with one attached hydrogen (secondary N) is 2. The zero-order chi connectivity index (χ0) is 22.5. The number of aromatic nitrogens is 3. The van der Waals surface area contributed by atoms with E-state index in [0.717, 1.165) is 28.2 Å². The Labute approximate surface area is 172 Å². The molecule has 0 bridgehead atoms. The van der Waals surface area contributed by atoms with E-state index in [2.05, 4.69) is 27.2 Å². The minimum atomic E-state index is -2.62. The zero-order valence-electron chi connectivity index (χ0n) is 18.6. The Morgan fingerprint density at radius 1 is 1.32 bits per heavy atom. The maximum absolute atomic E-state index is 12.5. The van der Waals surface area contributed by atoms with Gasteiger partial charge in [-0.15, -0.1) is 0 Å². The molecule has 2 N–H and O–H groups in total. The molecule has 1 atom stereocenters. The number of carbonyl (C=O) groups excluding carboxylic acids is 1. The highest BCUT2D eigenvalue weighted by atomic mass is 35.5. The van der Waals surface area contributed by atoms with Crippen LogP contribution in [0.1, 0.15) is 33.0 Å². The second kappa shape index (κ2) is 6.83. The van der Waals surface area contributed by atoms with Gasteiger partial charge in [0.25, 0.3) is 5.91 Å². The van der Waals surface area contributed by atoms with Crippen molar-refractivity contribution in [3.05, 3.63) is 52.9 Å². The Balaban J connectivity index is 1.80. The summed E-state index contributed by atoms with van der Waals surface area (Å²) in [5.41, 5.74) is 5.05. The number of hydrogen-bond donors (Lipinski definition) is 2. The molecule has 4 rings (SSSR count). The molecule has 0 fully saturated rings. The summed E-state index contributed by atoms with van der Waals surface area (Å²) in [6.07, 6.45) is 3.27. The van der Waals surface area contributed by atoms with Crippen LogP contribution < -0.4 is 15.5 Å². The van der Waals surface area contributed by atoms with Gasteiger partial charge in [0, 0.05) is 48.7 Å². The lowest BCUT2D eigenvalue weighted by atomic mass is 9.94. The number of aryl methyl sites for hydroxylation is 1. The number of pyridine rings is 1. The van der Waals surface area contributed by atoms with Crippen molar-refractivity contribution in [2.24, 2.45) is 7.05 Å². The van der Waals surface area contributed by atoms with Gasteiger partial charge in [0.05, 0.1) is 34.4 Å². The number of halogens is 1. The number of rotatable bonds is 3. The molecule has 1 amide bonds. The first-order chi connectivity index (χ1) is 14.5. The summed E-state index contributed by atoms with van der Waals surface area (Å²) in [5.74, 6) is -0.773. The molecule has 2 aromatic heterocycles. The molecule has 28 heavy (non-hydrogen) atoms. The van der Waals surface area contributed by atoms with Crippen molar-refractivity contribution in [3.8, 4) is 11.3 Å². The third kappa shape index (κ3) is 2.88. The highest BCUT2D eigenvalue weighted by Crippen LogP contribution is 2.47. The van der Waals surface area contributed by atoms with E-state index in [1.165, 1.54) is 12.3 Å². The number of anilines is 3. The van der Waals surface area contributed by atoms with Gasteiger partial charge in [-0.2, -0.15) is 5.10 Å². The minimum Gasteiger partial charge on any atom is -0.365 e. The van der Waals surface area contributed by atoms with Crippen LogP contribution in [0.25, 0.3) is 11.3 Å². The topological polar surface area (TPSA) is 75.1 Å². The van der Waals surface area contributed by atoms with E-state index in [-0.39, 0.29) is 16.8 Å². The molecule has 7 nitrogen and oxygen atoms in total. The van der Waals surface area contributed by atoms with Gasteiger partial charge < -0.3 is 15.5 Å². The van der Waals surface area contributed by atoms with E-state index in [1.54, 1.807) is 4.68 Å². The van der Waals surface area contributed by atoms with E-state index < -0.39 is 12.9 Å². The summed E-state index contributed by atoms with van der Waals surface area (Å²) in [6, 6.07) is 7.35. The van der Waals surface area contributed by atoms with Gasteiger partial charge in [0.15, 0.2) is 0 Å². The second-order valence-corrected chi connectivity index (χ2v) is 7.11. The normalized spacial score (nSPS) is 17.1. The number of nitrogens with zero attached hydrogens (tertiary/aromatic N) is 4. The summed E-state index contributed by atoms with van der Waals surface area (Å²) in [6.45, 7) is -0.524. The zero-order valence-corrected chi connectivity index (χ0v) is 16.4. The van der Waals surface area contributed by atoms with Crippen LogP contribution in [0.5, 0.6) is 0 Å². The van der Waals surface area contributed by atoms with Crippen LogP contribution >= 0.6 is 11.6 Å². The van der Waals surface area contributed by atoms with Gasteiger partial charge >= 0.3 is 0 Å². The molecule has 3 aromatic rings. The maximum Gasteiger partial charge on any atom is 0.254 e. The third-order valence-electron chi connectivity index (χ3n) is 5.03. The Morgan fingerprint density at radius 2 is 2.14 bits per heavy atom. The fourth-order valence-electron chi connectivity index (χ4n) is 3.57. The predicted octanol–water partition coefficient (Wildman–Crippen LogP) is 3.75. The minimum absolute atomic E-state index is 0.0724. The van der Waals surface area contributed by atoms with E-state index in [1.807, 2.05) is 43.8 Å². The van der Waals surface area contributed by atoms with Crippen molar-refractivity contribution in [3.63, 3.8) is 0 Å². The number of para-hydroxylation sites is 1. The first-order valence-electron chi connectivity index (χ1n) is 10.2. The molecule has 1 aromatic carbocycles. The third-order valence-corrected chi connectivity index (χ3v) is 5.24. The second-order valence-electron chi connectivity index (χ2n) is 6.73. The standard InChI is InChI=1S/C20H21ClN6O/c1-11-14-10-26(3)25-18(14)12-6-5-7-15(19(12)27(11)4)24-16-8-17(21)23-9-13(16)20(28)22-2/h5-11H,1-4H3,(H,22,28)(H,23,24)/i2D3. The maximum atomic E-state index is 12.5. The van der Waals surface area contributed by atoms with Crippen molar-refractivity contribution >= 4 is 34.6 Å². The van der Waals surface area contributed by atoms with Crippen molar-refractivity contribution in [2.75, 3.05) is 24.2 Å². The number of benzene rings is 1. The molecule has 0 spiro atoms. The Kier molecular flexibility index (Phi) is 3.64. The Morgan fingerprint density at radius 3 is 2.93 bits per heavy atom. The van der Waals surface area contributed by atoms with Crippen LogP contribution in [0.15, 0.2) is 36.7 Å². The van der Waals surface area contributed by atoms with Gasteiger partial charge in [-0.3, -0.25) is 9.48 Å². The van der Waals surface area contributed by atoms with Crippen LogP contribution in [0, 0.1) is 0 Å². The average Bonchev–Trinajstić information content (AvgIpc) is 3.07. The summed E-state index contributed by atoms with van der Waals surface area (Å²) in [5, 5.41) is 10.0. The van der Waals surface area contributed by atoms with Gasteiger partial charge in [0.1, 0.15) is 5.15 Å². The van der Waals surface area contributed by atoms with Crippen LogP contribution in [-0.4, -0.2) is 34.7 Å². The average molecular weight is 400 g/mol. The summed E-state index contributed by atoms with van der Waals surface area (Å²) in [4.78, 5) is 18.6. The molecule has 8 heteroatoms. The number of fused-ring (bicyclic) bond motifs is 3. The molecule has 0 saturated heterocycles. The SMILES string of the molecule is [2H]C([2H])([2H])NC(=O)c1cnc(Cl)cc1Nc1cccc2c1N(C)C(C)c1cn(C)nc1-2. The first kappa shape index (κ1) is 14.9. The molecule has 0 aliphatic carbocycles. The van der Waals surface area contributed by atoms with E-state index in [4.69, 9.17) is 15.7 Å². The van der Waals surface area contributed by atoms with Crippen LogP contribution in [0.3, 0.4) is 0 Å². The van der Waals surface area contributed by atoms with E-state index >= 15 is 0 Å². The summed E-state index contributed by atoms with van der Waals surface area (Å²) >= 11 is 6.07. The van der Waals surface area contributed by atoms with Gasteiger partial charge in [0.2, 0.25) is 0 Å². The lowest BCUT2D eigenvalue weighted by Crippen LogP contribution is -2.26. The fraction of sp³-hybridized carbons (Fsp3) is 0.250. The van der Waals surface area contributed by atoms with E-state index in [9.17, 15) is 4.79 Å². The van der Waals surface area contributed by atoms with Crippen molar-refractivity contribution in [2.45, 2.75) is 13.0 Å². The van der Waals surface area contributed by atoms with Gasteiger partial charge in [-0.25, -0.2) is 4.98 Å². The first-order valence-corrected chi connectivity index (χ1v) is 9.08. The van der Waals surface area contributed by atoms with Crippen molar-refractivity contribution < 1.29 is 8.91 Å². The molecular weight excluding hydrogens is 376 g/mol. The lowest BCUT2D eigenvalue weighted by Gasteiger charge is -2.35. The molecule has 0 saturated carbocycles. The van der Waals surface area contributed by atoms with Gasteiger partial charge in [-0.1, -0.05) is 23.7 Å². The van der Waals surface area contributed by atoms with Crippen molar-refractivity contribution in [1.29, 1.82) is 0 Å². The number of hydrogen-bond acceptors (Lipinski definition) is 5. The molecule has 1 aliphatic heterocycles. The summed E-state index contributed by atoms with van der Waals surface area (Å²) < 4.78 is 23.7. The van der Waals surface area contributed by atoms with E-state index in [0.29, 0.717) is 5.69 Å². The molecule has 0 radical (unpaired) electrons. The summed E-state index contributed by atoms with van der Waals surface area (Å²) in [7, 11) is 3.88. The smallest absolute Gasteiger partial charge is 0.254 e. The molecule has 1 aliphatic rings. The van der Waals surface area contributed by atoms with Crippen LogP contribution in [-0.2, 0) is 7.05 Å². The highest BCUT2D eigenvalue weighted by Gasteiger charge is 2.30. The Hall–Kier alpha value is -3.06. The monoisotopic (exact) mass is 399 g/mol. The molecule has 144 valence electrons. The van der Waals surface area contributed by atoms with Crippen LogP contribution in [0.2, 0.25) is 5.15 Å². The predicted molar refractivity (Wildman–Crippen MR) is 111 cm³/mol. The molecular formula is C20H21ClN6O. The quantitative estimate of drug-likeness (QED) is 0.656.